The minimum Gasteiger partial charge on any atom is -0.477 e. The maximum atomic E-state index is 11.5. The van der Waals surface area contributed by atoms with Crippen molar-refractivity contribution in [1.82, 2.24) is 9.55 Å². The molecule has 0 saturated carbocycles. The van der Waals surface area contributed by atoms with Crippen LogP contribution in [0.4, 0.5) is 0 Å². The lowest BCUT2D eigenvalue weighted by Gasteiger charge is -2.01. The van der Waals surface area contributed by atoms with Gasteiger partial charge in [0.15, 0.2) is 4.67 Å². The lowest BCUT2D eigenvalue weighted by molar-refractivity contribution is 0.0694. The molecule has 2 N–H and O–H groups in total. The summed E-state index contributed by atoms with van der Waals surface area (Å²) in [4.78, 5) is 35.3. The summed E-state index contributed by atoms with van der Waals surface area (Å²) in [5, 5.41) is 8.76. The van der Waals surface area contributed by atoms with Crippen molar-refractivity contribution in [2.45, 2.75) is 0 Å². The number of aromatic nitrogens is 2. The number of furan rings is 1. The molecule has 7 nitrogen and oxygen atoms in total. The summed E-state index contributed by atoms with van der Waals surface area (Å²) < 4.78 is 6.37. The largest absolute Gasteiger partial charge is 0.477 e. The first kappa shape index (κ1) is 11.4. The number of hydrogen-bond acceptors (Lipinski definition) is 4. The predicted molar refractivity (Wildman–Crippen MR) is 59.6 cm³/mol. The van der Waals surface area contributed by atoms with Gasteiger partial charge < -0.3 is 9.52 Å². The average molecular weight is 301 g/mol. The number of carboxylic acid groups (broad SMARTS) is 1. The van der Waals surface area contributed by atoms with E-state index in [-0.39, 0.29) is 5.88 Å². The molecule has 0 fully saturated rings. The number of H-pyrrole nitrogens is 1. The van der Waals surface area contributed by atoms with Crippen LogP contribution in [0.3, 0.4) is 0 Å². The van der Waals surface area contributed by atoms with Crippen LogP contribution in [0, 0.1) is 0 Å². The summed E-state index contributed by atoms with van der Waals surface area (Å²) in [6.45, 7) is 0. The van der Waals surface area contributed by atoms with Gasteiger partial charge in [-0.2, -0.15) is 0 Å². The van der Waals surface area contributed by atoms with E-state index in [4.69, 9.17) is 9.52 Å². The van der Waals surface area contributed by atoms with E-state index in [2.05, 4.69) is 15.9 Å². The van der Waals surface area contributed by atoms with E-state index in [1.807, 2.05) is 4.98 Å². The molecule has 0 aromatic carbocycles. The van der Waals surface area contributed by atoms with Crippen LogP contribution in [-0.2, 0) is 0 Å². The van der Waals surface area contributed by atoms with Crippen LogP contribution >= 0.6 is 15.9 Å². The molecule has 2 aromatic rings. The highest BCUT2D eigenvalue weighted by Crippen LogP contribution is 2.16. The molecule has 8 heteroatoms. The predicted octanol–water partition coefficient (Wildman–Crippen LogP) is 0.579. The van der Waals surface area contributed by atoms with Crippen LogP contribution in [-0.4, -0.2) is 20.6 Å². The SMILES string of the molecule is O=C(O)c1cn(-c2ccc(Br)o2)c(=O)[nH]c1=O. The number of rotatable bonds is 2. The molecule has 0 saturated heterocycles. The Bertz CT molecular complexity index is 696. The van der Waals surface area contributed by atoms with Crippen molar-refractivity contribution in [2.24, 2.45) is 0 Å². The van der Waals surface area contributed by atoms with Gasteiger partial charge in [-0.25, -0.2) is 14.2 Å². The Hall–Kier alpha value is -2.09. The number of hydrogen-bond donors (Lipinski definition) is 2. The average Bonchev–Trinajstić information content (AvgIpc) is 2.64. The van der Waals surface area contributed by atoms with Crippen molar-refractivity contribution in [2.75, 3.05) is 0 Å². The number of nitrogens with zero attached hydrogens (tertiary/aromatic N) is 1. The molecule has 0 radical (unpaired) electrons. The second-order valence-corrected chi connectivity index (χ2v) is 3.84. The highest BCUT2D eigenvalue weighted by molar-refractivity contribution is 9.10. The first-order chi connectivity index (χ1) is 7.99. The van der Waals surface area contributed by atoms with Gasteiger partial charge in [0.1, 0.15) is 5.56 Å². The van der Waals surface area contributed by atoms with Gasteiger partial charge in [-0.3, -0.25) is 9.78 Å². The van der Waals surface area contributed by atoms with Gasteiger partial charge >= 0.3 is 11.7 Å². The normalized spacial score (nSPS) is 10.4. The zero-order valence-corrected chi connectivity index (χ0v) is 9.72. The molecule has 88 valence electrons. The summed E-state index contributed by atoms with van der Waals surface area (Å²) in [6, 6.07) is 2.99. The maximum absolute atomic E-state index is 11.5. The molecule has 0 amide bonds. The van der Waals surface area contributed by atoms with E-state index < -0.39 is 22.8 Å². The van der Waals surface area contributed by atoms with Gasteiger partial charge in [0.05, 0.1) is 0 Å². The molecular formula is C9H5BrN2O5. The van der Waals surface area contributed by atoms with Gasteiger partial charge in [0.2, 0.25) is 5.88 Å². The zero-order valence-electron chi connectivity index (χ0n) is 8.14. The second kappa shape index (κ2) is 4.06. The third kappa shape index (κ3) is 2.07. The Morgan fingerprint density at radius 3 is 2.65 bits per heavy atom. The van der Waals surface area contributed by atoms with Gasteiger partial charge in [-0.15, -0.1) is 0 Å². The van der Waals surface area contributed by atoms with E-state index in [1.165, 1.54) is 12.1 Å². The van der Waals surface area contributed by atoms with Crippen LogP contribution in [0.2, 0.25) is 0 Å². The van der Waals surface area contributed by atoms with Crippen LogP contribution in [0.1, 0.15) is 10.4 Å². The topological polar surface area (TPSA) is 105 Å². The second-order valence-electron chi connectivity index (χ2n) is 3.05. The third-order valence-electron chi connectivity index (χ3n) is 1.97. The lowest BCUT2D eigenvalue weighted by Crippen LogP contribution is -2.32. The lowest BCUT2D eigenvalue weighted by atomic mass is 10.3. The Kier molecular flexibility index (Phi) is 2.72. The molecule has 17 heavy (non-hydrogen) atoms. The van der Waals surface area contributed by atoms with E-state index in [9.17, 15) is 14.4 Å². The molecular weight excluding hydrogens is 296 g/mol. The summed E-state index contributed by atoms with van der Waals surface area (Å²) in [5.41, 5.74) is -2.27. The maximum Gasteiger partial charge on any atom is 0.342 e. The van der Waals surface area contributed by atoms with Gasteiger partial charge in [-0.1, -0.05) is 0 Å². The molecule has 2 heterocycles. The standard InChI is InChI=1S/C9H5BrN2O5/c10-5-1-2-6(17-5)12-3-4(8(14)15)7(13)11-9(12)16/h1-3H,(H,14,15)(H,11,13,16). The summed E-state index contributed by atoms with van der Waals surface area (Å²) in [7, 11) is 0. The summed E-state index contributed by atoms with van der Waals surface area (Å²) in [6.07, 6.45) is 0.911. The molecule has 0 atom stereocenters. The van der Waals surface area contributed by atoms with E-state index in [0.29, 0.717) is 4.67 Å². The van der Waals surface area contributed by atoms with Crippen molar-refractivity contribution in [3.63, 3.8) is 0 Å². The number of halogens is 1. The van der Waals surface area contributed by atoms with Crippen LogP contribution < -0.4 is 11.2 Å². The first-order valence-corrected chi connectivity index (χ1v) is 5.13. The fraction of sp³-hybridized carbons (Fsp3) is 0. The fourth-order valence-corrected chi connectivity index (χ4v) is 1.52. The zero-order chi connectivity index (χ0) is 12.6. The van der Waals surface area contributed by atoms with Crippen molar-refractivity contribution >= 4 is 21.9 Å². The van der Waals surface area contributed by atoms with Gasteiger partial charge in [-0.05, 0) is 22.0 Å². The third-order valence-corrected chi connectivity index (χ3v) is 2.40. The minimum absolute atomic E-state index is 0.0978. The van der Waals surface area contributed by atoms with Gasteiger partial charge in [0.25, 0.3) is 5.56 Å². The molecule has 0 aliphatic heterocycles. The number of carbonyl (C=O) groups is 1. The van der Waals surface area contributed by atoms with Crippen LogP contribution in [0.15, 0.2) is 37.0 Å². The van der Waals surface area contributed by atoms with Crippen molar-refractivity contribution in [1.29, 1.82) is 0 Å². The molecule has 0 unspecified atom stereocenters. The molecule has 2 rings (SSSR count). The Labute approximate surface area is 101 Å². The number of nitrogens with one attached hydrogen (secondary N) is 1. The highest BCUT2D eigenvalue weighted by atomic mass is 79.9. The van der Waals surface area contributed by atoms with Crippen molar-refractivity contribution < 1.29 is 14.3 Å². The van der Waals surface area contributed by atoms with Crippen LogP contribution in [0.5, 0.6) is 0 Å². The van der Waals surface area contributed by atoms with E-state index in [1.54, 1.807) is 0 Å². The minimum atomic E-state index is -1.43. The Morgan fingerprint density at radius 1 is 1.41 bits per heavy atom. The molecule has 0 spiro atoms. The molecule has 0 bridgehead atoms. The summed E-state index contributed by atoms with van der Waals surface area (Å²) >= 11 is 3.05. The highest BCUT2D eigenvalue weighted by Gasteiger charge is 2.13. The number of aromatic amines is 1. The first-order valence-electron chi connectivity index (χ1n) is 4.34. The van der Waals surface area contributed by atoms with Gasteiger partial charge in [0, 0.05) is 12.3 Å². The van der Waals surface area contributed by atoms with Crippen molar-refractivity contribution in [3.8, 4) is 5.88 Å². The smallest absolute Gasteiger partial charge is 0.342 e. The monoisotopic (exact) mass is 300 g/mol. The van der Waals surface area contributed by atoms with Crippen molar-refractivity contribution in [3.05, 3.63) is 49.4 Å². The Morgan fingerprint density at radius 2 is 2.12 bits per heavy atom. The fourth-order valence-electron chi connectivity index (χ4n) is 1.22. The summed E-state index contributed by atoms with van der Waals surface area (Å²) in [5.74, 6) is -1.33. The van der Waals surface area contributed by atoms with E-state index >= 15 is 0 Å². The quantitative estimate of drug-likeness (QED) is 0.844. The van der Waals surface area contributed by atoms with E-state index in [0.717, 1.165) is 10.8 Å². The molecule has 2 aromatic heterocycles. The Balaban J connectivity index is 2.71. The van der Waals surface area contributed by atoms with Crippen LogP contribution in [0.25, 0.3) is 5.88 Å². The number of carboxylic acids is 1. The number of aromatic carboxylic acids is 1. The molecule has 0 aliphatic rings. The molecule has 0 aliphatic carbocycles.